The highest BCUT2D eigenvalue weighted by Crippen LogP contribution is 2.66. The summed E-state index contributed by atoms with van der Waals surface area (Å²) in [6.07, 6.45) is 8.84. The fraction of sp³-hybridized carbons (Fsp3) is 0.423. The minimum atomic E-state index is -0.826. The lowest BCUT2D eigenvalue weighted by atomic mass is 9.56. The fourth-order valence-electron chi connectivity index (χ4n) is 6.70. The van der Waals surface area contributed by atoms with Gasteiger partial charge in [-0.05, 0) is 48.8 Å². The van der Waals surface area contributed by atoms with Gasteiger partial charge in [-0.2, -0.15) is 0 Å². The second kappa shape index (κ2) is 6.67. The van der Waals surface area contributed by atoms with E-state index in [1.54, 1.807) is 26.4 Å². The first-order valence-corrected chi connectivity index (χ1v) is 11.1. The number of carbonyl (C=O) groups excluding carboxylic acids is 2. The van der Waals surface area contributed by atoms with Crippen LogP contribution in [0.3, 0.4) is 0 Å². The van der Waals surface area contributed by atoms with Gasteiger partial charge in [0.15, 0.2) is 5.78 Å². The van der Waals surface area contributed by atoms with Crippen molar-refractivity contribution in [2.75, 3.05) is 14.2 Å². The SMILES string of the molecule is COc1cc(C)cc2c1C1=NO[C@H]3C4C=CC(CC5=CC(=O)C=C[C@@]54OC)([C@H]2OC(C)=O)[C@@H]13. The Morgan fingerprint density at radius 3 is 2.79 bits per heavy atom. The van der Waals surface area contributed by atoms with Crippen LogP contribution in [0.1, 0.15) is 36.1 Å². The summed E-state index contributed by atoms with van der Waals surface area (Å²) in [6.45, 7) is 3.41. The molecule has 1 aromatic carbocycles. The summed E-state index contributed by atoms with van der Waals surface area (Å²) in [4.78, 5) is 30.9. The van der Waals surface area contributed by atoms with Gasteiger partial charge in [-0.3, -0.25) is 9.59 Å². The van der Waals surface area contributed by atoms with Crippen molar-refractivity contribution in [1.29, 1.82) is 0 Å². The molecule has 0 aromatic heterocycles. The topological polar surface area (TPSA) is 83.4 Å². The van der Waals surface area contributed by atoms with Crippen LogP contribution in [0.25, 0.3) is 0 Å². The highest BCUT2D eigenvalue weighted by molar-refractivity contribution is 6.09. The van der Waals surface area contributed by atoms with Crippen molar-refractivity contribution in [3.8, 4) is 5.75 Å². The smallest absolute Gasteiger partial charge is 0.303 e. The van der Waals surface area contributed by atoms with E-state index in [2.05, 4.69) is 17.3 Å². The first kappa shape index (κ1) is 20.4. The second-order valence-corrected chi connectivity index (χ2v) is 9.52. The number of rotatable bonds is 3. The van der Waals surface area contributed by atoms with Crippen molar-refractivity contribution in [1.82, 2.24) is 0 Å². The van der Waals surface area contributed by atoms with Gasteiger partial charge in [0.25, 0.3) is 0 Å². The van der Waals surface area contributed by atoms with E-state index in [0.29, 0.717) is 12.2 Å². The molecule has 0 radical (unpaired) electrons. The normalized spacial score (nSPS) is 36.7. The quantitative estimate of drug-likeness (QED) is 0.522. The lowest BCUT2D eigenvalue weighted by Gasteiger charge is -2.49. The molecule has 7 rings (SSSR count). The molecule has 1 heterocycles. The van der Waals surface area contributed by atoms with Crippen LogP contribution in [0.15, 0.2) is 53.2 Å². The third-order valence-corrected chi connectivity index (χ3v) is 7.89. The van der Waals surface area contributed by atoms with Gasteiger partial charge >= 0.3 is 5.97 Å². The van der Waals surface area contributed by atoms with Crippen LogP contribution in [0.2, 0.25) is 0 Å². The average Bonchev–Trinajstić information content (AvgIpc) is 3.13. The van der Waals surface area contributed by atoms with Gasteiger partial charge in [-0.25, -0.2) is 0 Å². The molecular weight excluding hydrogens is 422 g/mol. The number of ether oxygens (including phenoxy) is 3. The first-order valence-electron chi connectivity index (χ1n) is 11.1. The number of hydrogen-bond acceptors (Lipinski definition) is 7. The number of ketones is 1. The average molecular weight is 447 g/mol. The van der Waals surface area contributed by atoms with Crippen LogP contribution in [0, 0.1) is 24.2 Å². The van der Waals surface area contributed by atoms with Crippen molar-refractivity contribution in [3.63, 3.8) is 0 Å². The molecule has 0 saturated heterocycles. The summed E-state index contributed by atoms with van der Waals surface area (Å²) in [5.74, 6) is -0.160. The maximum absolute atomic E-state index is 12.4. The zero-order valence-electron chi connectivity index (χ0n) is 19.0. The highest BCUT2D eigenvalue weighted by atomic mass is 16.6. The molecule has 0 amide bonds. The Morgan fingerprint density at radius 2 is 2.06 bits per heavy atom. The first-order chi connectivity index (χ1) is 15.8. The molecule has 2 bridgehead atoms. The van der Waals surface area contributed by atoms with E-state index in [1.807, 2.05) is 25.1 Å². The Kier molecular flexibility index (Phi) is 4.13. The van der Waals surface area contributed by atoms with Crippen molar-refractivity contribution in [2.24, 2.45) is 22.4 Å². The number of oxime groups is 1. The van der Waals surface area contributed by atoms with Gasteiger partial charge in [0.05, 0.1) is 24.7 Å². The summed E-state index contributed by atoms with van der Waals surface area (Å²) in [5.41, 5.74) is 2.81. The van der Waals surface area contributed by atoms with E-state index in [0.717, 1.165) is 28.0 Å². The number of allylic oxidation sites excluding steroid dienone is 2. The Hall–Kier alpha value is -3.19. The van der Waals surface area contributed by atoms with E-state index in [9.17, 15) is 9.59 Å². The second-order valence-electron chi connectivity index (χ2n) is 9.52. The molecule has 170 valence electrons. The van der Waals surface area contributed by atoms with Crippen LogP contribution >= 0.6 is 0 Å². The maximum Gasteiger partial charge on any atom is 0.303 e. The molecular formula is C26H25NO6. The molecule has 7 nitrogen and oxygen atoms in total. The Bertz CT molecular complexity index is 1230. The molecule has 1 spiro atoms. The van der Waals surface area contributed by atoms with E-state index < -0.39 is 17.1 Å². The number of benzene rings is 1. The predicted octanol–water partition coefficient (Wildman–Crippen LogP) is 3.37. The standard InChI is InChI=1S/C26H25NO6/c1-13-9-17-20(19(10-13)30-3)22-21-23(33-27-22)18-6-7-25(21,24(17)32-14(2)28)12-15-11-16(29)5-8-26(15,18)31-4/h5-11,18,21,23-24H,12H2,1-4H3/t18?,21-,23-,24-,25?,26+/m0/s1. The van der Waals surface area contributed by atoms with Crippen LogP contribution in [0.4, 0.5) is 0 Å². The van der Waals surface area contributed by atoms with Gasteiger partial charge in [-0.15, -0.1) is 0 Å². The van der Waals surface area contributed by atoms with Crippen LogP contribution in [-0.4, -0.2) is 43.4 Å². The summed E-state index contributed by atoms with van der Waals surface area (Å²) in [7, 11) is 3.28. The van der Waals surface area contributed by atoms with E-state index in [1.165, 1.54) is 6.92 Å². The van der Waals surface area contributed by atoms with Gasteiger partial charge in [0.1, 0.15) is 23.6 Å². The number of carbonyl (C=O) groups is 2. The molecule has 33 heavy (non-hydrogen) atoms. The minimum absolute atomic E-state index is 0.0758. The Balaban J connectivity index is 1.66. The van der Waals surface area contributed by atoms with Gasteiger partial charge in [-0.1, -0.05) is 23.4 Å². The zero-order valence-corrected chi connectivity index (χ0v) is 19.0. The molecule has 0 N–H and O–H groups in total. The van der Waals surface area contributed by atoms with E-state index in [4.69, 9.17) is 19.0 Å². The zero-order chi connectivity index (χ0) is 23.1. The third kappa shape index (κ3) is 2.46. The number of esters is 1. The maximum atomic E-state index is 12.4. The largest absolute Gasteiger partial charge is 0.496 e. The van der Waals surface area contributed by atoms with Crippen LogP contribution in [0.5, 0.6) is 5.75 Å². The lowest BCUT2D eigenvalue weighted by molar-refractivity contribution is -0.156. The van der Waals surface area contributed by atoms with Crippen molar-refractivity contribution < 1.29 is 28.6 Å². The lowest BCUT2D eigenvalue weighted by Crippen LogP contribution is -2.53. The molecule has 1 aromatic rings. The minimum Gasteiger partial charge on any atom is -0.496 e. The molecule has 7 heteroatoms. The van der Waals surface area contributed by atoms with E-state index >= 15 is 0 Å². The number of fused-ring (bicyclic) bond motifs is 2. The summed E-state index contributed by atoms with van der Waals surface area (Å²) < 4.78 is 18.0. The van der Waals surface area contributed by atoms with Crippen LogP contribution < -0.4 is 4.74 Å². The number of hydrogen-bond donors (Lipinski definition) is 0. The molecule has 1 aliphatic heterocycles. The third-order valence-electron chi connectivity index (χ3n) is 7.89. The molecule has 6 atom stereocenters. The van der Waals surface area contributed by atoms with Crippen molar-refractivity contribution >= 4 is 17.5 Å². The fourth-order valence-corrected chi connectivity index (χ4v) is 6.70. The molecule has 2 unspecified atom stereocenters. The highest BCUT2D eigenvalue weighted by Gasteiger charge is 2.68. The summed E-state index contributed by atoms with van der Waals surface area (Å²) in [5, 5.41) is 4.58. The number of nitrogens with zero attached hydrogens (tertiary/aromatic N) is 1. The number of methoxy groups -OCH3 is 2. The Labute approximate surface area is 191 Å². The predicted molar refractivity (Wildman–Crippen MR) is 119 cm³/mol. The van der Waals surface area contributed by atoms with Crippen molar-refractivity contribution in [3.05, 3.63) is 64.8 Å². The van der Waals surface area contributed by atoms with Crippen molar-refractivity contribution in [2.45, 2.75) is 38.1 Å². The van der Waals surface area contributed by atoms with Crippen LogP contribution in [-0.2, 0) is 23.9 Å². The summed E-state index contributed by atoms with van der Waals surface area (Å²) in [6, 6.07) is 3.99. The van der Waals surface area contributed by atoms with Gasteiger partial charge in [0.2, 0.25) is 0 Å². The Morgan fingerprint density at radius 1 is 1.24 bits per heavy atom. The van der Waals surface area contributed by atoms with Gasteiger partial charge in [0, 0.05) is 30.6 Å². The molecule has 1 saturated carbocycles. The molecule has 6 aliphatic rings. The molecule has 5 aliphatic carbocycles. The number of aryl methyl sites for hydroxylation is 1. The van der Waals surface area contributed by atoms with E-state index in [-0.39, 0.29) is 29.7 Å². The molecule has 1 fully saturated rings. The van der Waals surface area contributed by atoms with Gasteiger partial charge < -0.3 is 19.0 Å². The summed E-state index contributed by atoms with van der Waals surface area (Å²) >= 11 is 0. The monoisotopic (exact) mass is 447 g/mol.